The molecule has 1 heterocycles. The zero-order chi connectivity index (χ0) is 15.6. The molecule has 5 nitrogen and oxygen atoms in total. The van der Waals surface area contributed by atoms with Crippen LogP contribution in [0.15, 0.2) is 23.1 Å². The Hall–Kier alpha value is -1.47. The maximum absolute atomic E-state index is 13.1. The molecule has 0 aromatic heterocycles. The maximum Gasteiger partial charge on any atom is 0.243 e. The molecule has 1 aromatic carbocycles. The molecule has 0 unspecified atom stereocenters. The van der Waals surface area contributed by atoms with E-state index in [1.165, 1.54) is 23.4 Å². The highest BCUT2D eigenvalue weighted by molar-refractivity contribution is 7.89. The number of piperidine rings is 1. The summed E-state index contributed by atoms with van der Waals surface area (Å²) in [6.45, 7) is 3.74. The van der Waals surface area contributed by atoms with Crippen molar-refractivity contribution >= 4 is 15.9 Å². The van der Waals surface area contributed by atoms with Gasteiger partial charge in [0.15, 0.2) is 0 Å². The molecule has 1 saturated heterocycles. The van der Waals surface area contributed by atoms with Crippen molar-refractivity contribution in [2.45, 2.75) is 37.6 Å². The van der Waals surface area contributed by atoms with Gasteiger partial charge in [-0.2, -0.15) is 4.31 Å². The smallest absolute Gasteiger partial charge is 0.243 e. The molecular formula is C14H19FN2O3S. The van der Waals surface area contributed by atoms with Gasteiger partial charge in [0.2, 0.25) is 15.9 Å². The van der Waals surface area contributed by atoms with E-state index in [2.05, 4.69) is 5.32 Å². The molecule has 1 N–H and O–H groups in total. The van der Waals surface area contributed by atoms with Gasteiger partial charge in [-0.1, -0.05) is 0 Å². The summed E-state index contributed by atoms with van der Waals surface area (Å²) in [5.41, 5.74) is 0.402. The minimum atomic E-state index is -3.61. The second kappa shape index (κ2) is 6.11. The number of carbonyl (C=O) groups excluding carboxylic acids is 1. The SMILES string of the molecule is CC(=O)NC1CCN(S(=O)(=O)c2ccc(F)cc2C)CC1. The minimum absolute atomic E-state index is 0.0169. The Morgan fingerprint density at radius 1 is 1.33 bits per heavy atom. The van der Waals surface area contributed by atoms with E-state index in [0.29, 0.717) is 31.5 Å². The van der Waals surface area contributed by atoms with Crippen molar-refractivity contribution in [2.24, 2.45) is 0 Å². The predicted molar refractivity (Wildman–Crippen MR) is 76.7 cm³/mol. The standard InChI is InChI=1S/C14H19FN2O3S/c1-10-9-12(15)3-4-14(10)21(19,20)17-7-5-13(6-8-17)16-11(2)18/h3-4,9,13H,5-8H2,1-2H3,(H,16,18). The zero-order valence-corrected chi connectivity index (χ0v) is 12.9. The van der Waals surface area contributed by atoms with Gasteiger partial charge in [0, 0.05) is 26.1 Å². The maximum atomic E-state index is 13.1. The van der Waals surface area contributed by atoms with Crippen LogP contribution in [-0.4, -0.2) is 37.8 Å². The molecule has 1 aromatic rings. The number of halogens is 1. The fourth-order valence-electron chi connectivity index (χ4n) is 2.57. The predicted octanol–water partition coefficient (Wildman–Crippen LogP) is 1.42. The summed E-state index contributed by atoms with van der Waals surface area (Å²) in [7, 11) is -3.61. The lowest BCUT2D eigenvalue weighted by Crippen LogP contribution is -2.46. The number of hydrogen-bond acceptors (Lipinski definition) is 3. The topological polar surface area (TPSA) is 66.5 Å². The average Bonchev–Trinajstić information content (AvgIpc) is 2.38. The van der Waals surface area contributed by atoms with Gasteiger partial charge in [0.1, 0.15) is 5.82 Å². The molecule has 2 rings (SSSR count). The second-order valence-corrected chi connectivity index (χ2v) is 7.20. The third kappa shape index (κ3) is 3.59. The molecule has 0 bridgehead atoms. The Balaban J connectivity index is 2.13. The molecule has 0 atom stereocenters. The number of nitrogens with one attached hydrogen (secondary N) is 1. The van der Waals surface area contributed by atoms with Crippen LogP contribution in [0.5, 0.6) is 0 Å². The molecule has 21 heavy (non-hydrogen) atoms. The van der Waals surface area contributed by atoms with Crippen LogP contribution in [0.4, 0.5) is 4.39 Å². The molecule has 1 amide bonds. The Labute approximate surface area is 124 Å². The fraction of sp³-hybridized carbons (Fsp3) is 0.500. The van der Waals surface area contributed by atoms with Crippen molar-refractivity contribution < 1.29 is 17.6 Å². The van der Waals surface area contributed by atoms with Crippen LogP contribution in [-0.2, 0) is 14.8 Å². The third-order valence-electron chi connectivity index (χ3n) is 3.62. The summed E-state index contributed by atoms with van der Waals surface area (Å²) in [6.07, 6.45) is 1.16. The molecule has 116 valence electrons. The average molecular weight is 314 g/mol. The first-order chi connectivity index (χ1) is 9.80. The molecule has 0 radical (unpaired) electrons. The van der Waals surface area contributed by atoms with Crippen LogP contribution < -0.4 is 5.32 Å². The fourth-order valence-corrected chi connectivity index (χ4v) is 4.24. The van der Waals surface area contributed by atoms with Crippen LogP contribution in [0, 0.1) is 12.7 Å². The van der Waals surface area contributed by atoms with E-state index < -0.39 is 15.8 Å². The lowest BCUT2D eigenvalue weighted by Gasteiger charge is -2.31. The van der Waals surface area contributed by atoms with Gasteiger partial charge in [0.25, 0.3) is 0 Å². The van der Waals surface area contributed by atoms with Crippen molar-refractivity contribution in [3.8, 4) is 0 Å². The summed E-state index contributed by atoms with van der Waals surface area (Å²) in [5, 5.41) is 2.80. The number of rotatable bonds is 3. The molecule has 1 aliphatic rings. The van der Waals surface area contributed by atoms with Crippen LogP contribution in [0.2, 0.25) is 0 Å². The van der Waals surface area contributed by atoms with Gasteiger partial charge in [0.05, 0.1) is 4.90 Å². The first kappa shape index (κ1) is 15.9. The summed E-state index contributed by atoms with van der Waals surface area (Å²) in [6, 6.07) is 3.70. The highest BCUT2D eigenvalue weighted by Crippen LogP contribution is 2.23. The lowest BCUT2D eigenvalue weighted by atomic mass is 10.1. The van der Waals surface area contributed by atoms with Crippen LogP contribution in [0.25, 0.3) is 0 Å². The first-order valence-corrected chi connectivity index (χ1v) is 8.28. The molecule has 0 saturated carbocycles. The highest BCUT2D eigenvalue weighted by Gasteiger charge is 2.30. The molecule has 1 aliphatic heterocycles. The van der Waals surface area contributed by atoms with Gasteiger partial charge in [-0.05, 0) is 43.5 Å². The van der Waals surface area contributed by atoms with Crippen molar-refractivity contribution in [3.05, 3.63) is 29.6 Å². The first-order valence-electron chi connectivity index (χ1n) is 6.84. The normalized spacial score (nSPS) is 17.7. The molecule has 0 aliphatic carbocycles. The van der Waals surface area contributed by atoms with Crippen LogP contribution >= 0.6 is 0 Å². The molecule has 0 spiro atoms. The van der Waals surface area contributed by atoms with E-state index >= 15 is 0 Å². The van der Waals surface area contributed by atoms with Crippen LogP contribution in [0.3, 0.4) is 0 Å². The van der Waals surface area contributed by atoms with E-state index in [1.807, 2.05) is 0 Å². The number of hydrogen-bond donors (Lipinski definition) is 1. The summed E-state index contributed by atoms with van der Waals surface area (Å²) < 4.78 is 39.6. The van der Waals surface area contributed by atoms with Crippen molar-refractivity contribution in [3.63, 3.8) is 0 Å². The van der Waals surface area contributed by atoms with Gasteiger partial charge in [-0.15, -0.1) is 0 Å². The highest BCUT2D eigenvalue weighted by atomic mass is 32.2. The number of amides is 1. The number of nitrogens with zero attached hydrogens (tertiary/aromatic N) is 1. The largest absolute Gasteiger partial charge is 0.354 e. The van der Waals surface area contributed by atoms with Crippen molar-refractivity contribution in [1.29, 1.82) is 0 Å². The van der Waals surface area contributed by atoms with E-state index in [1.54, 1.807) is 6.92 Å². The number of carbonyl (C=O) groups is 1. The van der Waals surface area contributed by atoms with Crippen molar-refractivity contribution in [2.75, 3.05) is 13.1 Å². The van der Waals surface area contributed by atoms with Crippen LogP contribution in [0.1, 0.15) is 25.3 Å². The van der Waals surface area contributed by atoms with E-state index in [4.69, 9.17) is 0 Å². The Morgan fingerprint density at radius 3 is 2.48 bits per heavy atom. The quantitative estimate of drug-likeness (QED) is 0.917. The van der Waals surface area contributed by atoms with E-state index in [0.717, 1.165) is 6.07 Å². The summed E-state index contributed by atoms with van der Waals surface area (Å²) in [4.78, 5) is 11.2. The molecule has 1 fully saturated rings. The van der Waals surface area contributed by atoms with E-state index in [9.17, 15) is 17.6 Å². The summed E-state index contributed by atoms with van der Waals surface area (Å²) in [5.74, 6) is -0.554. The van der Waals surface area contributed by atoms with Gasteiger partial charge >= 0.3 is 0 Å². The number of benzene rings is 1. The minimum Gasteiger partial charge on any atom is -0.354 e. The van der Waals surface area contributed by atoms with Gasteiger partial charge in [-0.3, -0.25) is 4.79 Å². The number of sulfonamides is 1. The Bertz CT molecular complexity index is 638. The Kier molecular flexibility index (Phi) is 4.63. The summed E-state index contributed by atoms with van der Waals surface area (Å²) >= 11 is 0. The van der Waals surface area contributed by atoms with Crippen molar-refractivity contribution in [1.82, 2.24) is 9.62 Å². The second-order valence-electron chi connectivity index (χ2n) is 5.29. The zero-order valence-electron chi connectivity index (χ0n) is 12.1. The third-order valence-corrected chi connectivity index (χ3v) is 5.67. The van der Waals surface area contributed by atoms with E-state index in [-0.39, 0.29) is 16.8 Å². The Morgan fingerprint density at radius 2 is 1.95 bits per heavy atom. The number of aryl methyl sites for hydroxylation is 1. The monoisotopic (exact) mass is 314 g/mol. The molecular weight excluding hydrogens is 295 g/mol. The van der Waals surface area contributed by atoms with Gasteiger partial charge in [-0.25, -0.2) is 12.8 Å². The lowest BCUT2D eigenvalue weighted by molar-refractivity contribution is -0.119. The van der Waals surface area contributed by atoms with Gasteiger partial charge < -0.3 is 5.32 Å². The molecule has 7 heteroatoms.